The first-order valence-electron chi connectivity index (χ1n) is 7.49. The molecule has 1 rings (SSSR count). The SMILES string of the molecule is CNC(C)c1ccc(NC(=O)NCCCCN(C)C)cc1. The van der Waals surface area contributed by atoms with Crippen molar-refractivity contribution in [1.29, 1.82) is 0 Å². The number of hydrogen-bond donors (Lipinski definition) is 3. The predicted molar refractivity (Wildman–Crippen MR) is 88.7 cm³/mol. The van der Waals surface area contributed by atoms with Crippen molar-refractivity contribution in [2.45, 2.75) is 25.8 Å². The topological polar surface area (TPSA) is 56.4 Å². The first-order chi connectivity index (χ1) is 10.0. The van der Waals surface area contributed by atoms with Gasteiger partial charge in [0, 0.05) is 18.3 Å². The van der Waals surface area contributed by atoms with E-state index in [4.69, 9.17) is 0 Å². The Morgan fingerprint density at radius 3 is 2.43 bits per heavy atom. The van der Waals surface area contributed by atoms with Gasteiger partial charge in [-0.15, -0.1) is 0 Å². The second-order valence-corrected chi connectivity index (χ2v) is 5.52. The molecule has 0 fully saturated rings. The van der Waals surface area contributed by atoms with Gasteiger partial charge >= 0.3 is 6.03 Å². The van der Waals surface area contributed by atoms with Crippen LogP contribution >= 0.6 is 0 Å². The number of nitrogens with zero attached hydrogens (tertiary/aromatic N) is 1. The molecule has 1 aromatic carbocycles. The van der Waals surface area contributed by atoms with Crippen LogP contribution < -0.4 is 16.0 Å². The van der Waals surface area contributed by atoms with Crippen LogP contribution in [0.2, 0.25) is 0 Å². The lowest BCUT2D eigenvalue weighted by Gasteiger charge is -2.12. The summed E-state index contributed by atoms with van der Waals surface area (Å²) in [6.07, 6.45) is 2.08. The molecule has 1 aromatic rings. The van der Waals surface area contributed by atoms with Gasteiger partial charge in [0.05, 0.1) is 0 Å². The molecule has 0 spiro atoms. The zero-order valence-corrected chi connectivity index (χ0v) is 13.6. The molecule has 3 N–H and O–H groups in total. The first-order valence-corrected chi connectivity index (χ1v) is 7.49. The summed E-state index contributed by atoms with van der Waals surface area (Å²) in [5.41, 5.74) is 2.01. The second kappa shape index (κ2) is 9.37. The highest BCUT2D eigenvalue weighted by molar-refractivity contribution is 5.89. The molecule has 118 valence electrons. The van der Waals surface area contributed by atoms with E-state index < -0.39 is 0 Å². The first kappa shape index (κ1) is 17.5. The third-order valence-electron chi connectivity index (χ3n) is 3.42. The summed E-state index contributed by atoms with van der Waals surface area (Å²) in [5.74, 6) is 0. The quantitative estimate of drug-likeness (QED) is 0.645. The number of carbonyl (C=O) groups is 1. The van der Waals surface area contributed by atoms with Crippen molar-refractivity contribution in [2.75, 3.05) is 39.5 Å². The maximum atomic E-state index is 11.7. The van der Waals surface area contributed by atoms with Gasteiger partial charge < -0.3 is 20.9 Å². The standard InChI is InChI=1S/C16H28N4O/c1-13(17-2)14-7-9-15(10-8-14)19-16(21)18-11-5-6-12-20(3)4/h7-10,13,17H,5-6,11-12H2,1-4H3,(H2,18,19,21). The molecule has 0 aliphatic heterocycles. The number of hydrogen-bond acceptors (Lipinski definition) is 3. The van der Waals surface area contributed by atoms with Crippen molar-refractivity contribution in [3.05, 3.63) is 29.8 Å². The minimum Gasteiger partial charge on any atom is -0.338 e. The Labute approximate surface area is 128 Å². The Morgan fingerprint density at radius 1 is 1.19 bits per heavy atom. The number of unbranched alkanes of at least 4 members (excludes halogenated alkanes) is 1. The predicted octanol–water partition coefficient (Wildman–Crippen LogP) is 2.43. The van der Waals surface area contributed by atoms with E-state index in [0.717, 1.165) is 25.1 Å². The van der Waals surface area contributed by atoms with Gasteiger partial charge in [-0.25, -0.2) is 4.79 Å². The zero-order chi connectivity index (χ0) is 15.7. The van der Waals surface area contributed by atoms with Crippen molar-refractivity contribution in [1.82, 2.24) is 15.5 Å². The summed E-state index contributed by atoms with van der Waals surface area (Å²) in [7, 11) is 6.04. The highest BCUT2D eigenvalue weighted by Crippen LogP contribution is 2.15. The van der Waals surface area contributed by atoms with Crippen LogP contribution in [-0.2, 0) is 0 Å². The molecular formula is C16H28N4O. The largest absolute Gasteiger partial charge is 0.338 e. The number of anilines is 1. The van der Waals surface area contributed by atoms with Crippen LogP contribution in [0.25, 0.3) is 0 Å². The fourth-order valence-corrected chi connectivity index (χ4v) is 1.95. The summed E-state index contributed by atoms with van der Waals surface area (Å²) in [4.78, 5) is 13.9. The Bertz CT molecular complexity index is 417. The highest BCUT2D eigenvalue weighted by Gasteiger charge is 2.04. The highest BCUT2D eigenvalue weighted by atomic mass is 16.2. The monoisotopic (exact) mass is 292 g/mol. The van der Waals surface area contributed by atoms with Gasteiger partial charge in [-0.05, 0) is 65.1 Å². The van der Waals surface area contributed by atoms with E-state index in [1.54, 1.807) is 0 Å². The molecule has 0 aliphatic rings. The van der Waals surface area contributed by atoms with Gasteiger partial charge in [-0.2, -0.15) is 0 Å². The summed E-state index contributed by atoms with van der Waals surface area (Å²) in [6.45, 7) is 3.85. The van der Waals surface area contributed by atoms with Gasteiger partial charge in [-0.1, -0.05) is 12.1 Å². The summed E-state index contributed by atoms with van der Waals surface area (Å²) < 4.78 is 0. The van der Waals surface area contributed by atoms with E-state index in [1.165, 1.54) is 5.56 Å². The molecule has 5 nitrogen and oxygen atoms in total. The van der Waals surface area contributed by atoms with Crippen molar-refractivity contribution in [2.24, 2.45) is 0 Å². The molecular weight excluding hydrogens is 264 g/mol. The van der Waals surface area contributed by atoms with Gasteiger partial charge in [-0.3, -0.25) is 0 Å². The molecule has 21 heavy (non-hydrogen) atoms. The third kappa shape index (κ3) is 7.11. The minimum absolute atomic E-state index is 0.144. The van der Waals surface area contributed by atoms with Crippen LogP contribution in [0.15, 0.2) is 24.3 Å². The minimum atomic E-state index is -0.144. The Morgan fingerprint density at radius 2 is 1.86 bits per heavy atom. The molecule has 0 bridgehead atoms. The lowest BCUT2D eigenvalue weighted by Crippen LogP contribution is -2.30. The normalized spacial score (nSPS) is 12.2. The van der Waals surface area contributed by atoms with Crippen molar-refractivity contribution < 1.29 is 4.79 Å². The average molecular weight is 292 g/mol. The Hall–Kier alpha value is -1.59. The van der Waals surface area contributed by atoms with E-state index in [-0.39, 0.29) is 6.03 Å². The summed E-state index contributed by atoms with van der Waals surface area (Å²) in [5, 5.41) is 8.90. The Balaban J connectivity index is 2.28. The van der Waals surface area contributed by atoms with Gasteiger partial charge in [0.1, 0.15) is 0 Å². The molecule has 0 aliphatic carbocycles. The van der Waals surface area contributed by atoms with E-state index in [2.05, 4.69) is 41.9 Å². The Kier molecular flexibility index (Phi) is 7.79. The van der Waals surface area contributed by atoms with Crippen LogP contribution in [0, 0.1) is 0 Å². The molecule has 1 unspecified atom stereocenters. The molecule has 0 saturated heterocycles. The molecule has 0 saturated carbocycles. The molecule has 2 amide bonds. The van der Waals surface area contributed by atoms with Gasteiger partial charge in [0.25, 0.3) is 0 Å². The van der Waals surface area contributed by atoms with Crippen molar-refractivity contribution in [3.63, 3.8) is 0 Å². The van der Waals surface area contributed by atoms with Gasteiger partial charge in [0.2, 0.25) is 0 Å². The third-order valence-corrected chi connectivity index (χ3v) is 3.42. The fraction of sp³-hybridized carbons (Fsp3) is 0.562. The van der Waals surface area contributed by atoms with Crippen molar-refractivity contribution >= 4 is 11.7 Å². The number of carbonyl (C=O) groups excluding carboxylic acids is 1. The van der Waals surface area contributed by atoms with Crippen LogP contribution in [0.4, 0.5) is 10.5 Å². The van der Waals surface area contributed by atoms with E-state index >= 15 is 0 Å². The number of benzene rings is 1. The van der Waals surface area contributed by atoms with Gasteiger partial charge in [0.15, 0.2) is 0 Å². The molecule has 0 heterocycles. The lowest BCUT2D eigenvalue weighted by atomic mass is 10.1. The maximum absolute atomic E-state index is 11.7. The summed E-state index contributed by atoms with van der Waals surface area (Å²) in [6, 6.07) is 8.06. The maximum Gasteiger partial charge on any atom is 0.319 e. The molecule has 0 radical (unpaired) electrons. The van der Waals surface area contributed by atoms with Crippen LogP contribution in [-0.4, -0.2) is 45.2 Å². The van der Waals surface area contributed by atoms with Crippen molar-refractivity contribution in [3.8, 4) is 0 Å². The van der Waals surface area contributed by atoms with E-state index in [0.29, 0.717) is 12.6 Å². The van der Waals surface area contributed by atoms with E-state index in [1.807, 2.05) is 31.3 Å². The van der Waals surface area contributed by atoms with Crippen LogP contribution in [0.1, 0.15) is 31.4 Å². The molecule has 1 atom stereocenters. The zero-order valence-electron chi connectivity index (χ0n) is 13.6. The van der Waals surface area contributed by atoms with E-state index in [9.17, 15) is 4.79 Å². The number of nitrogens with one attached hydrogen (secondary N) is 3. The number of urea groups is 1. The fourth-order valence-electron chi connectivity index (χ4n) is 1.95. The smallest absolute Gasteiger partial charge is 0.319 e. The van der Waals surface area contributed by atoms with Crippen LogP contribution in [0.5, 0.6) is 0 Å². The van der Waals surface area contributed by atoms with Crippen LogP contribution in [0.3, 0.4) is 0 Å². The summed E-state index contributed by atoms with van der Waals surface area (Å²) >= 11 is 0. The molecule has 0 aromatic heterocycles. The number of amides is 2. The molecule has 5 heteroatoms. The number of rotatable bonds is 8. The second-order valence-electron chi connectivity index (χ2n) is 5.52. The average Bonchev–Trinajstić information content (AvgIpc) is 2.46. The lowest BCUT2D eigenvalue weighted by molar-refractivity contribution is 0.251.